The van der Waals surface area contributed by atoms with Gasteiger partial charge in [0.15, 0.2) is 0 Å². The first-order valence-corrected chi connectivity index (χ1v) is 6.48. The van der Waals surface area contributed by atoms with Gasteiger partial charge in [-0.2, -0.15) is 5.26 Å². The van der Waals surface area contributed by atoms with Gasteiger partial charge in [-0.15, -0.1) is 0 Å². The summed E-state index contributed by atoms with van der Waals surface area (Å²) in [6, 6.07) is 8.29. The molecule has 1 unspecified atom stereocenters. The van der Waals surface area contributed by atoms with Gasteiger partial charge in [-0.25, -0.2) is 0 Å². The zero-order valence-electron chi connectivity index (χ0n) is 10.7. The molecule has 0 fully saturated rings. The minimum atomic E-state index is -0.206. The molecule has 94 valence electrons. The van der Waals surface area contributed by atoms with Crippen molar-refractivity contribution in [1.29, 1.82) is 5.26 Å². The van der Waals surface area contributed by atoms with E-state index in [9.17, 15) is 4.79 Å². The molecule has 0 bridgehead atoms. The Bertz CT molecular complexity index is 488. The summed E-state index contributed by atoms with van der Waals surface area (Å²) in [6.45, 7) is 1.96. The van der Waals surface area contributed by atoms with Crippen molar-refractivity contribution in [2.24, 2.45) is 0 Å². The Morgan fingerprint density at radius 3 is 2.83 bits per heavy atom. The average molecular weight is 242 g/mol. The minimum Gasteiger partial charge on any atom is -0.349 e. The Hall–Kier alpha value is -1.82. The lowest BCUT2D eigenvalue weighted by Crippen LogP contribution is -2.26. The van der Waals surface area contributed by atoms with Gasteiger partial charge < -0.3 is 5.32 Å². The lowest BCUT2D eigenvalue weighted by molar-refractivity contribution is -0.120. The number of nitrogens with zero attached hydrogens (tertiary/aromatic N) is 1. The highest BCUT2D eigenvalue weighted by atomic mass is 16.1. The first kappa shape index (κ1) is 12.6. The first-order valence-electron chi connectivity index (χ1n) is 6.48. The molecule has 1 amide bonds. The zero-order chi connectivity index (χ0) is 13.0. The van der Waals surface area contributed by atoms with E-state index in [0.717, 1.165) is 12.0 Å². The van der Waals surface area contributed by atoms with Crippen molar-refractivity contribution in [3.05, 3.63) is 34.9 Å². The molecular weight excluding hydrogens is 224 g/mol. The van der Waals surface area contributed by atoms with Gasteiger partial charge in [0.1, 0.15) is 6.42 Å². The molecule has 0 saturated heterocycles. The van der Waals surface area contributed by atoms with E-state index in [4.69, 9.17) is 5.26 Å². The molecule has 1 aliphatic rings. The van der Waals surface area contributed by atoms with Crippen LogP contribution in [0.1, 0.15) is 48.9 Å². The summed E-state index contributed by atoms with van der Waals surface area (Å²) in [5, 5.41) is 11.3. The van der Waals surface area contributed by atoms with Crippen LogP contribution in [-0.2, 0) is 17.6 Å². The van der Waals surface area contributed by atoms with Gasteiger partial charge in [-0.05, 0) is 49.3 Å². The summed E-state index contributed by atoms with van der Waals surface area (Å²) in [6.07, 6.45) is 4.77. The molecule has 2 rings (SSSR count). The van der Waals surface area contributed by atoms with Crippen molar-refractivity contribution in [2.75, 3.05) is 0 Å². The van der Waals surface area contributed by atoms with Gasteiger partial charge in [0.2, 0.25) is 5.91 Å². The Labute approximate surface area is 108 Å². The number of amides is 1. The SMILES string of the molecule is CC(NC(=O)CC#N)c1ccc2c(c1)CCCC2. The molecule has 0 heterocycles. The maximum atomic E-state index is 11.4. The number of nitriles is 1. The number of fused-ring (bicyclic) bond motifs is 1. The molecule has 0 radical (unpaired) electrons. The summed E-state index contributed by atoms with van der Waals surface area (Å²) in [7, 11) is 0. The van der Waals surface area contributed by atoms with Crippen LogP contribution >= 0.6 is 0 Å². The van der Waals surface area contributed by atoms with Gasteiger partial charge in [0.25, 0.3) is 0 Å². The van der Waals surface area contributed by atoms with Crippen molar-refractivity contribution in [2.45, 2.75) is 45.1 Å². The highest BCUT2D eigenvalue weighted by Gasteiger charge is 2.13. The van der Waals surface area contributed by atoms with Crippen LogP contribution in [0.2, 0.25) is 0 Å². The number of hydrogen-bond acceptors (Lipinski definition) is 2. The average Bonchev–Trinajstić information content (AvgIpc) is 2.38. The number of carbonyl (C=O) groups excluding carboxylic acids is 1. The molecule has 0 aliphatic heterocycles. The van der Waals surface area contributed by atoms with Crippen LogP contribution in [0, 0.1) is 11.3 Å². The van der Waals surface area contributed by atoms with E-state index in [1.54, 1.807) is 0 Å². The highest BCUT2D eigenvalue weighted by Crippen LogP contribution is 2.24. The van der Waals surface area contributed by atoms with Crippen LogP contribution in [0.4, 0.5) is 0 Å². The second-order valence-electron chi connectivity index (χ2n) is 4.86. The molecule has 0 spiro atoms. The van der Waals surface area contributed by atoms with Crippen LogP contribution in [-0.4, -0.2) is 5.91 Å². The van der Waals surface area contributed by atoms with Crippen LogP contribution in [0.15, 0.2) is 18.2 Å². The summed E-state index contributed by atoms with van der Waals surface area (Å²) in [4.78, 5) is 11.4. The molecule has 0 aromatic heterocycles. The summed E-state index contributed by atoms with van der Waals surface area (Å²) in [5.74, 6) is -0.206. The highest BCUT2D eigenvalue weighted by molar-refractivity contribution is 5.78. The predicted molar refractivity (Wildman–Crippen MR) is 69.9 cm³/mol. The van der Waals surface area contributed by atoms with Crippen molar-refractivity contribution >= 4 is 5.91 Å². The number of benzene rings is 1. The second kappa shape index (κ2) is 5.68. The molecule has 18 heavy (non-hydrogen) atoms. The molecule has 1 aliphatic carbocycles. The van der Waals surface area contributed by atoms with Gasteiger partial charge in [0.05, 0.1) is 12.1 Å². The van der Waals surface area contributed by atoms with E-state index >= 15 is 0 Å². The Kier molecular flexibility index (Phi) is 3.99. The predicted octanol–water partition coefficient (Wildman–Crippen LogP) is 2.66. The van der Waals surface area contributed by atoms with Gasteiger partial charge in [-0.3, -0.25) is 4.79 Å². The largest absolute Gasteiger partial charge is 0.349 e. The van der Waals surface area contributed by atoms with Crippen LogP contribution in [0.3, 0.4) is 0 Å². The first-order chi connectivity index (χ1) is 8.70. The normalized spacial score (nSPS) is 15.3. The molecule has 1 atom stereocenters. The van der Waals surface area contributed by atoms with E-state index < -0.39 is 0 Å². The maximum Gasteiger partial charge on any atom is 0.234 e. The molecule has 1 N–H and O–H groups in total. The fourth-order valence-corrected chi connectivity index (χ4v) is 2.47. The Morgan fingerprint density at radius 1 is 1.39 bits per heavy atom. The second-order valence-corrected chi connectivity index (χ2v) is 4.86. The van der Waals surface area contributed by atoms with E-state index in [1.165, 1.54) is 30.4 Å². The summed E-state index contributed by atoms with van der Waals surface area (Å²) in [5.41, 5.74) is 3.99. The molecule has 1 aromatic rings. The zero-order valence-corrected chi connectivity index (χ0v) is 10.7. The number of hydrogen-bond donors (Lipinski definition) is 1. The lowest BCUT2D eigenvalue weighted by Gasteiger charge is -2.19. The van der Waals surface area contributed by atoms with E-state index in [-0.39, 0.29) is 18.4 Å². The Morgan fingerprint density at radius 2 is 2.11 bits per heavy atom. The number of rotatable bonds is 3. The van der Waals surface area contributed by atoms with Gasteiger partial charge in [-0.1, -0.05) is 18.2 Å². The third kappa shape index (κ3) is 2.89. The molecule has 0 saturated carbocycles. The van der Waals surface area contributed by atoms with E-state index in [2.05, 4.69) is 23.5 Å². The van der Waals surface area contributed by atoms with Crippen molar-refractivity contribution < 1.29 is 4.79 Å². The number of carbonyl (C=O) groups is 1. The standard InChI is InChI=1S/C15H18N2O/c1-11(17-15(18)8-9-16)13-7-6-12-4-2-3-5-14(12)10-13/h6-7,10-11H,2-5,8H2,1H3,(H,17,18). The van der Waals surface area contributed by atoms with Gasteiger partial charge >= 0.3 is 0 Å². The Balaban J connectivity index is 2.09. The molecule has 3 heteroatoms. The molecule has 1 aromatic carbocycles. The van der Waals surface area contributed by atoms with E-state index in [0.29, 0.717) is 0 Å². The smallest absolute Gasteiger partial charge is 0.234 e. The number of aryl methyl sites for hydroxylation is 2. The summed E-state index contributed by atoms with van der Waals surface area (Å²) >= 11 is 0. The van der Waals surface area contributed by atoms with Crippen LogP contribution in [0.25, 0.3) is 0 Å². The monoisotopic (exact) mass is 242 g/mol. The maximum absolute atomic E-state index is 11.4. The van der Waals surface area contributed by atoms with Crippen molar-refractivity contribution in [3.63, 3.8) is 0 Å². The van der Waals surface area contributed by atoms with E-state index in [1.807, 2.05) is 13.0 Å². The lowest BCUT2D eigenvalue weighted by atomic mass is 9.89. The fourth-order valence-electron chi connectivity index (χ4n) is 2.47. The fraction of sp³-hybridized carbons (Fsp3) is 0.467. The third-order valence-corrected chi connectivity index (χ3v) is 3.49. The molecular formula is C15H18N2O. The van der Waals surface area contributed by atoms with Crippen molar-refractivity contribution in [1.82, 2.24) is 5.32 Å². The minimum absolute atomic E-state index is 0.0296. The number of nitrogens with one attached hydrogen (secondary N) is 1. The van der Waals surface area contributed by atoms with Crippen LogP contribution < -0.4 is 5.32 Å². The summed E-state index contributed by atoms with van der Waals surface area (Å²) < 4.78 is 0. The van der Waals surface area contributed by atoms with Crippen LogP contribution in [0.5, 0.6) is 0 Å². The van der Waals surface area contributed by atoms with Gasteiger partial charge in [0, 0.05) is 0 Å². The third-order valence-electron chi connectivity index (χ3n) is 3.49. The topological polar surface area (TPSA) is 52.9 Å². The quantitative estimate of drug-likeness (QED) is 0.886. The molecule has 3 nitrogen and oxygen atoms in total. The van der Waals surface area contributed by atoms with Crippen molar-refractivity contribution in [3.8, 4) is 6.07 Å².